The first-order chi connectivity index (χ1) is 11.8. The molecule has 0 N–H and O–H groups in total. The van der Waals surface area contributed by atoms with Crippen LogP contribution in [0.4, 0.5) is 5.95 Å². The Hall–Kier alpha value is -1.24. The molecule has 0 spiro atoms. The minimum atomic E-state index is 0.476. The summed E-state index contributed by atoms with van der Waals surface area (Å²) in [6, 6.07) is 0.476. The molecular weight excluding hydrogens is 302 g/mol. The highest BCUT2D eigenvalue weighted by molar-refractivity contribution is 5.30. The lowest BCUT2D eigenvalue weighted by atomic mass is 10.1. The lowest BCUT2D eigenvalue weighted by Gasteiger charge is -2.30. The Balaban J connectivity index is 1.42. The van der Waals surface area contributed by atoms with Crippen LogP contribution in [0.2, 0.25) is 0 Å². The molecule has 2 atom stereocenters. The van der Waals surface area contributed by atoms with Crippen LogP contribution >= 0.6 is 0 Å². The molecule has 1 aromatic rings. The number of piperidine rings is 1. The van der Waals surface area contributed by atoms with Gasteiger partial charge in [-0.25, -0.2) is 9.97 Å². The average Bonchev–Trinajstić information content (AvgIpc) is 2.86. The fourth-order valence-corrected chi connectivity index (χ4v) is 4.28. The summed E-state index contributed by atoms with van der Waals surface area (Å²) in [7, 11) is 2.23. The zero-order chi connectivity index (χ0) is 16.4. The number of hydrogen-bond donors (Lipinski definition) is 0. The number of hydrogen-bond acceptors (Lipinski definition) is 6. The molecule has 4 heterocycles. The van der Waals surface area contributed by atoms with E-state index in [4.69, 9.17) is 4.74 Å². The SMILES string of the molecule is CN1C[C@@H]2COC[C@H](C1)N(Cc1cnc(N3CCCCC3)nc1)C2. The van der Waals surface area contributed by atoms with E-state index in [1.165, 1.54) is 24.8 Å². The number of rotatable bonds is 3. The Morgan fingerprint density at radius 1 is 1.04 bits per heavy atom. The van der Waals surface area contributed by atoms with Gasteiger partial charge in [0.25, 0.3) is 0 Å². The number of ether oxygens (including phenoxy) is 1. The molecule has 4 rings (SSSR count). The molecule has 0 aliphatic carbocycles. The van der Waals surface area contributed by atoms with Gasteiger partial charge in [-0.15, -0.1) is 0 Å². The molecule has 0 aromatic carbocycles. The van der Waals surface area contributed by atoms with Crippen LogP contribution in [0.3, 0.4) is 0 Å². The van der Waals surface area contributed by atoms with Crippen LogP contribution in [0.5, 0.6) is 0 Å². The van der Waals surface area contributed by atoms with E-state index in [0.717, 1.165) is 58.4 Å². The van der Waals surface area contributed by atoms with E-state index in [0.29, 0.717) is 12.0 Å². The van der Waals surface area contributed by atoms with Gasteiger partial charge in [-0.2, -0.15) is 0 Å². The number of anilines is 1. The van der Waals surface area contributed by atoms with Crippen LogP contribution in [-0.4, -0.2) is 78.8 Å². The van der Waals surface area contributed by atoms with Gasteiger partial charge in [0.2, 0.25) is 5.95 Å². The smallest absolute Gasteiger partial charge is 0.225 e. The van der Waals surface area contributed by atoms with Crippen molar-refractivity contribution in [2.24, 2.45) is 5.92 Å². The Kier molecular flexibility index (Phi) is 4.96. The van der Waals surface area contributed by atoms with E-state index in [-0.39, 0.29) is 0 Å². The Bertz CT molecular complexity index is 531. The molecule has 0 saturated carbocycles. The molecule has 132 valence electrons. The number of fused-ring (bicyclic) bond motifs is 3. The largest absolute Gasteiger partial charge is 0.379 e. The lowest BCUT2D eigenvalue weighted by molar-refractivity contribution is 0.0561. The molecule has 6 nitrogen and oxygen atoms in total. The van der Waals surface area contributed by atoms with Crippen LogP contribution in [0, 0.1) is 5.92 Å². The van der Waals surface area contributed by atoms with Crippen molar-refractivity contribution in [3.05, 3.63) is 18.0 Å². The molecule has 3 saturated heterocycles. The van der Waals surface area contributed by atoms with E-state index < -0.39 is 0 Å². The molecule has 3 fully saturated rings. The summed E-state index contributed by atoms with van der Waals surface area (Å²) in [4.78, 5) is 16.6. The van der Waals surface area contributed by atoms with Crippen LogP contribution < -0.4 is 4.90 Å². The number of aromatic nitrogens is 2. The van der Waals surface area contributed by atoms with Crippen LogP contribution in [0.1, 0.15) is 24.8 Å². The lowest BCUT2D eigenvalue weighted by Crippen LogP contribution is -2.42. The summed E-state index contributed by atoms with van der Waals surface area (Å²) < 4.78 is 5.87. The maximum absolute atomic E-state index is 5.87. The van der Waals surface area contributed by atoms with E-state index in [1.54, 1.807) is 0 Å². The third-order valence-corrected chi connectivity index (χ3v) is 5.48. The summed E-state index contributed by atoms with van der Waals surface area (Å²) in [5.41, 5.74) is 1.21. The van der Waals surface area contributed by atoms with Gasteiger partial charge < -0.3 is 14.5 Å². The monoisotopic (exact) mass is 331 g/mol. The van der Waals surface area contributed by atoms with Gasteiger partial charge in [-0.3, -0.25) is 4.90 Å². The first-order valence-corrected chi connectivity index (χ1v) is 9.34. The van der Waals surface area contributed by atoms with Crippen molar-refractivity contribution in [2.75, 3.05) is 57.9 Å². The maximum atomic E-state index is 5.87. The zero-order valence-electron chi connectivity index (χ0n) is 14.7. The minimum Gasteiger partial charge on any atom is -0.379 e. The van der Waals surface area contributed by atoms with Crippen molar-refractivity contribution in [2.45, 2.75) is 31.8 Å². The third kappa shape index (κ3) is 3.71. The minimum absolute atomic E-state index is 0.476. The normalized spacial score (nSPS) is 29.5. The highest BCUT2D eigenvalue weighted by atomic mass is 16.5. The van der Waals surface area contributed by atoms with Gasteiger partial charge >= 0.3 is 0 Å². The summed E-state index contributed by atoms with van der Waals surface area (Å²) in [6.45, 7) is 8.19. The number of nitrogens with zero attached hydrogens (tertiary/aromatic N) is 5. The first kappa shape index (κ1) is 16.2. The van der Waals surface area contributed by atoms with Crippen molar-refractivity contribution in [3.63, 3.8) is 0 Å². The second kappa shape index (κ2) is 7.33. The predicted octanol–water partition coefficient (Wildman–Crippen LogP) is 1.23. The van der Waals surface area contributed by atoms with Crippen molar-refractivity contribution in [1.82, 2.24) is 19.8 Å². The standard InChI is InChI=1S/C18H29N5O/c1-21-9-16-11-23(17(12-21)14-24-13-16)10-15-7-19-18(20-8-15)22-5-3-2-4-6-22/h7-8,16-17H,2-6,9-14H2,1H3/t16-,17-/m0/s1. The van der Waals surface area contributed by atoms with Crippen LogP contribution in [0.25, 0.3) is 0 Å². The molecule has 1 aromatic heterocycles. The summed E-state index contributed by atoms with van der Waals surface area (Å²) in [6.07, 6.45) is 7.90. The zero-order valence-corrected chi connectivity index (χ0v) is 14.7. The molecular formula is C18H29N5O. The molecule has 2 bridgehead atoms. The quantitative estimate of drug-likeness (QED) is 0.830. The van der Waals surface area contributed by atoms with E-state index in [1.807, 2.05) is 12.4 Å². The van der Waals surface area contributed by atoms with Crippen molar-refractivity contribution in [1.29, 1.82) is 0 Å². The van der Waals surface area contributed by atoms with Gasteiger partial charge in [0.1, 0.15) is 0 Å². The summed E-state index contributed by atoms with van der Waals surface area (Å²) >= 11 is 0. The van der Waals surface area contributed by atoms with E-state index in [2.05, 4.69) is 31.7 Å². The number of likely N-dealkylation sites (N-methyl/N-ethyl adjacent to an activating group) is 1. The van der Waals surface area contributed by atoms with Crippen LogP contribution in [0.15, 0.2) is 12.4 Å². The molecule has 0 unspecified atom stereocenters. The van der Waals surface area contributed by atoms with Gasteiger partial charge in [0, 0.05) is 69.2 Å². The van der Waals surface area contributed by atoms with Gasteiger partial charge in [-0.05, 0) is 26.3 Å². The van der Waals surface area contributed by atoms with Crippen molar-refractivity contribution >= 4 is 5.95 Å². The molecule has 0 radical (unpaired) electrons. The van der Waals surface area contributed by atoms with Gasteiger partial charge in [0.05, 0.1) is 13.2 Å². The summed E-state index contributed by atoms with van der Waals surface area (Å²) in [5.74, 6) is 1.51. The maximum Gasteiger partial charge on any atom is 0.225 e. The average molecular weight is 331 g/mol. The predicted molar refractivity (Wildman–Crippen MR) is 94.1 cm³/mol. The molecule has 24 heavy (non-hydrogen) atoms. The van der Waals surface area contributed by atoms with Crippen molar-refractivity contribution < 1.29 is 4.74 Å². The Morgan fingerprint density at radius 2 is 1.83 bits per heavy atom. The second-order valence-corrected chi connectivity index (χ2v) is 7.65. The van der Waals surface area contributed by atoms with Gasteiger partial charge in [-0.1, -0.05) is 0 Å². The fourth-order valence-electron chi connectivity index (χ4n) is 4.28. The summed E-state index contributed by atoms with van der Waals surface area (Å²) in [5, 5.41) is 0. The molecule has 3 aliphatic heterocycles. The Morgan fingerprint density at radius 3 is 2.62 bits per heavy atom. The molecule has 3 aliphatic rings. The highest BCUT2D eigenvalue weighted by Crippen LogP contribution is 2.21. The van der Waals surface area contributed by atoms with Gasteiger partial charge in [0.15, 0.2) is 0 Å². The van der Waals surface area contributed by atoms with E-state index in [9.17, 15) is 0 Å². The van der Waals surface area contributed by atoms with Crippen LogP contribution in [-0.2, 0) is 11.3 Å². The Labute approximate surface area is 144 Å². The molecule has 6 heteroatoms. The van der Waals surface area contributed by atoms with E-state index >= 15 is 0 Å². The molecule has 0 amide bonds. The third-order valence-electron chi connectivity index (χ3n) is 5.48. The highest BCUT2D eigenvalue weighted by Gasteiger charge is 2.32. The topological polar surface area (TPSA) is 44.7 Å². The first-order valence-electron chi connectivity index (χ1n) is 9.34. The van der Waals surface area contributed by atoms with Crippen molar-refractivity contribution in [3.8, 4) is 0 Å². The second-order valence-electron chi connectivity index (χ2n) is 7.65. The fraction of sp³-hybridized carbons (Fsp3) is 0.778.